The Bertz CT molecular complexity index is 958. The molecule has 1 aliphatic rings. The highest BCUT2D eigenvalue weighted by atomic mass is 19.1. The van der Waals surface area contributed by atoms with Crippen LogP contribution in [0.4, 0.5) is 4.39 Å². The minimum atomic E-state index is -2.09. The number of aromatic nitrogens is 2. The number of benzene rings is 1. The lowest BCUT2D eigenvalue weighted by Gasteiger charge is -2.36. The van der Waals surface area contributed by atoms with Crippen molar-refractivity contribution in [3.05, 3.63) is 42.2 Å². The number of carboxylic acids is 1. The summed E-state index contributed by atoms with van der Waals surface area (Å²) in [6.07, 6.45) is 19.2. The molecule has 39 heavy (non-hydrogen) atoms. The minimum absolute atomic E-state index is 0.131. The van der Waals surface area contributed by atoms with E-state index in [0.29, 0.717) is 31.8 Å². The summed E-state index contributed by atoms with van der Waals surface area (Å²) in [6.45, 7) is 4.91. The number of alkyl halides is 1. The van der Waals surface area contributed by atoms with Crippen molar-refractivity contribution in [2.45, 2.75) is 122 Å². The first kappa shape index (κ1) is 31.0. The van der Waals surface area contributed by atoms with Crippen molar-refractivity contribution in [1.29, 1.82) is 0 Å². The first-order chi connectivity index (χ1) is 19.0. The van der Waals surface area contributed by atoms with E-state index in [-0.39, 0.29) is 6.42 Å². The lowest BCUT2D eigenvalue weighted by Crippen LogP contribution is -2.43. The average Bonchev–Trinajstić information content (AvgIpc) is 2.97. The Balaban J connectivity index is 1.40. The van der Waals surface area contributed by atoms with Gasteiger partial charge in [0.15, 0.2) is 5.82 Å². The molecule has 1 aromatic carbocycles. The highest BCUT2D eigenvalue weighted by Crippen LogP contribution is 2.41. The van der Waals surface area contributed by atoms with Gasteiger partial charge in [0, 0.05) is 23.9 Å². The predicted molar refractivity (Wildman–Crippen MR) is 156 cm³/mol. The van der Waals surface area contributed by atoms with E-state index in [1.807, 2.05) is 36.7 Å². The molecule has 1 fully saturated rings. The number of carboxylic acid groups (broad SMARTS) is 1. The Kier molecular flexibility index (Phi) is 13.2. The molecule has 1 atom stereocenters. The summed E-state index contributed by atoms with van der Waals surface area (Å²) in [4.78, 5) is 20.9. The summed E-state index contributed by atoms with van der Waals surface area (Å²) in [5, 5.41) is 9.64. The number of hydrogen-bond donors (Lipinski definition) is 1. The van der Waals surface area contributed by atoms with Gasteiger partial charge >= 0.3 is 5.97 Å². The van der Waals surface area contributed by atoms with Crippen molar-refractivity contribution in [1.82, 2.24) is 9.97 Å². The van der Waals surface area contributed by atoms with Crippen LogP contribution < -0.4 is 4.74 Å². The molecule has 216 valence electrons. The zero-order valence-corrected chi connectivity index (χ0v) is 24.2. The van der Waals surface area contributed by atoms with Crippen molar-refractivity contribution in [2.24, 2.45) is 11.8 Å². The van der Waals surface area contributed by atoms with Crippen molar-refractivity contribution < 1.29 is 19.0 Å². The zero-order valence-electron chi connectivity index (χ0n) is 24.2. The Morgan fingerprint density at radius 2 is 1.49 bits per heavy atom. The number of aliphatic carboxylic acids is 1. The van der Waals surface area contributed by atoms with Crippen LogP contribution in [0.3, 0.4) is 0 Å². The largest absolute Gasteiger partial charge is 0.493 e. The molecule has 3 rings (SSSR count). The molecule has 6 heteroatoms. The van der Waals surface area contributed by atoms with Gasteiger partial charge in [-0.15, -0.1) is 0 Å². The number of halogens is 1. The van der Waals surface area contributed by atoms with Crippen molar-refractivity contribution in [2.75, 3.05) is 6.61 Å². The van der Waals surface area contributed by atoms with Crippen LogP contribution in [-0.4, -0.2) is 33.3 Å². The minimum Gasteiger partial charge on any atom is -0.493 e. The molecular weight excluding hydrogens is 491 g/mol. The third-order valence-corrected chi connectivity index (χ3v) is 8.37. The van der Waals surface area contributed by atoms with E-state index in [4.69, 9.17) is 4.74 Å². The first-order valence-corrected chi connectivity index (χ1v) is 15.4. The molecule has 1 heterocycles. The molecule has 0 bridgehead atoms. The SMILES string of the molecule is CCCCCCCCc1cnc(-c2ccc(OCC3CCC([C@@](F)(CCCCCC)C(=O)O)CC3)cc2)nc1. The van der Waals surface area contributed by atoms with Gasteiger partial charge in [0.1, 0.15) is 5.75 Å². The number of aryl methyl sites for hydroxylation is 1. The Hall–Kier alpha value is -2.50. The highest BCUT2D eigenvalue weighted by molar-refractivity contribution is 5.77. The third-order valence-electron chi connectivity index (χ3n) is 8.37. The molecule has 0 saturated heterocycles. The van der Waals surface area contributed by atoms with Crippen LogP contribution in [0.15, 0.2) is 36.7 Å². The van der Waals surface area contributed by atoms with Crippen LogP contribution in [0, 0.1) is 11.8 Å². The van der Waals surface area contributed by atoms with Crippen LogP contribution in [0.1, 0.15) is 116 Å². The van der Waals surface area contributed by atoms with Gasteiger partial charge in [-0.25, -0.2) is 19.2 Å². The molecule has 2 aromatic rings. The second kappa shape index (κ2) is 16.6. The summed E-state index contributed by atoms with van der Waals surface area (Å²) in [7, 11) is 0. The van der Waals surface area contributed by atoms with Gasteiger partial charge in [-0.05, 0) is 87.1 Å². The molecule has 0 aliphatic heterocycles. The lowest BCUT2D eigenvalue weighted by molar-refractivity contribution is -0.157. The predicted octanol–water partition coefficient (Wildman–Crippen LogP) is 9.00. The third kappa shape index (κ3) is 9.88. The number of unbranched alkanes of at least 4 members (excludes halogenated alkanes) is 8. The molecule has 1 N–H and O–H groups in total. The van der Waals surface area contributed by atoms with Crippen molar-refractivity contribution in [3.63, 3.8) is 0 Å². The van der Waals surface area contributed by atoms with Gasteiger partial charge in [-0.2, -0.15) is 0 Å². The van der Waals surface area contributed by atoms with E-state index in [1.54, 1.807) is 0 Å². The topological polar surface area (TPSA) is 72.3 Å². The maximum Gasteiger partial charge on any atom is 0.341 e. The normalized spacial score (nSPS) is 18.9. The molecule has 0 radical (unpaired) electrons. The second-order valence-corrected chi connectivity index (χ2v) is 11.5. The molecule has 0 unspecified atom stereocenters. The summed E-state index contributed by atoms with van der Waals surface area (Å²) in [6, 6.07) is 7.86. The van der Waals surface area contributed by atoms with E-state index in [0.717, 1.165) is 55.7 Å². The number of ether oxygens (including phenoxy) is 1. The monoisotopic (exact) mass is 540 g/mol. The molecule has 0 amide bonds. The van der Waals surface area contributed by atoms with Crippen LogP contribution in [-0.2, 0) is 11.2 Å². The summed E-state index contributed by atoms with van der Waals surface area (Å²) in [5.41, 5.74) is 0.0545. The zero-order chi connectivity index (χ0) is 27.9. The molecule has 1 aliphatic carbocycles. The summed E-state index contributed by atoms with van der Waals surface area (Å²) < 4.78 is 21.5. The standard InChI is InChI=1S/C33H49FN2O3/c1-3-5-7-9-10-11-13-27-23-35-31(36-24-27)28-16-20-30(21-17-28)39-25-26-14-18-29(19-15-26)33(34,32(37)38)22-12-8-6-4-2/h16-17,20-21,23-24,26,29H,3-15,18-19,22,25H2,1-2H3,(H,37,38)/t26?,29?,33-/m0/s1. The van der Waals surface area contributed by atoms with E-state index < -0.39 is 17.6 Å². The van der Waals surface area contributed by atoms with E-state index in [1.165, 1.54) is 44.1 Å². The van der Waals surface area contributed by atoms with Gasteiger partial charge < -0.3 is 9.84 Å². The van der Waals surface area contributed by atoms with Crippen LogP contribution in [0.2, 0.25) is 0 Å². The Labute approximate surface area is 235 Å². The van der Waals surface area contributed by atoms with Gasteiger partial charge in [0.05, 0.1) is 6.61 Å². The van der Waals surface area contributed by atoms with Crippen LogP contribution in [0.25, 0.3) is 11.4 Å². The number of nitrogens with zero attached hydrogens (tertiary/aromatic N) is 2. The number of hydrogen-bond acceptors (Lipinski definition) is 4. The highest BCUT2D eigenvalue weighted by Gasteiger charge is 2.47. The fraction of sp³-hybridized carbons (Fsp3) is 0.667. The smallest absolute Gasteiger partial charge is 0.341 e. The first-order valence-electron chi connectivity index (χ1n) is 15.4. The van der Waals surface area contributed by atoms with Gasteiger partial charge in [-0.1, -0.05) is 65.2 Å². The maximum atomic E-state index is 15.5. The number of rotatable bonds is 18. The van der Waals surface area contributed by atoms with E-state index in [9.17, 15) is 9.90 Å². The molecule has 5 nitrogen and oxygen atoms in total. The quantitative estimate of drug-likeness (QED) is 0.191. The van der Waals surface area contributed by atoms with Crippen LogP contribution >= 0.6 is 0 Å². The van der Waals surface area contributed by atoms with Crippen molar-refractivity contribution >= 4 is 5.97 Å². The molecule has 0 spiro atoms. The molecular formula is C33H49FN2O3. The van der Waals surface area contributed by atoms with Gasteiger partial charge in [0.25, 0.3) is 0 Å². The van der Waals surface area contributed by atoms with Gasteiger partial charge in [-0.3, -0.25) is 0 Å². The van der Waals surface area contributed by atoms with E-state index in [2.05, 4.69) is 23.8 Å². The Morgan fingerprint density at radius 1 is 0.897 bits per heavy atom. The van der Waals surface area contributed by atoms with E-state index >= 15 is 4.39 Å². The fourth-order valence-corrected chi connectivity index (χ4v) is 5.74. The average molecular weight is 541 g/mol. The lowest BCUT2D eigenvalue weighted by atomic mass is 9.72. The molecule has 1 saturated carbocycles. The van der Waals surface area contributed by atoms with Crippen molar-refractivity contribution in [3.8, 4) is 17.1 Å². The number of carbonyl (C=O) groups is 1. The van der Waals surface area contributed by atoms with Gasteiger partial charge in [0.2, 0.25) is 5.67 Å². The summed E-state index contributed by atoms with van der Waals surface area (Å²) in [5.74, 6) is 0.150. The second-order valence-electron chi connectivity index (χ2n) is 11.5. The molecule has 1 aromatic heterocycles. The fourth-order valence-electron chi connectivity index (χ4n) is 5.74. The van der Waals surface area contributed by atoms with Crippen LogP contribution in [0.5, 0.6) is 5.75 Å². The Morgan fingerprint density at radius 3 is 2.10 bits per heavy atom. The maximum absolute atomic E-state index is 15.5. The summed E-state index contributed by atoms with van der Waals surface area (Å²) >= 11 is 0.